The summed E-state index contributed by atoms with van der Waals surface area (Å²) in [6.45, 7) is 3.31. The van der Waals surface area contributed by atoms with Crippen LogP contribution in [0.4, 0.5) is 0 Å². The third-order valence-electron chi connectivity index (χ3n) is 4.43. The van der Waals surface area contributed by atoms with Gasteiger partial charge in [0.15, 0.2) is 0 Å². The summed E-state index contributed by atoms with van der Waals surface area (Å²) in [6, 6.07) is 14.0. The number of aryl methyl sites for hydroxylation is 1. The van der Waals surface area contributed by atoms with Gasteiger partial charge in [-0.2, -0.15) is 0 Å². The molecule has 5 nitrogen and oxygen atoms in total. The van der Waals surface area contributed by atoms with Crippen LogP contribution in [-0.2, 0) is 0 Å². The first-order chi connectivity index (χ1) is 12.0. The molecule has 1 aliphatic heterocycles. The summed E-state index contributed by atoms with van der Waals surface area (Å²) in [5.74, 6) is -0.196. The summed E-state index contributed by atoms with van der Waals surface area (Å²) in [5, 5.41) is 8.92. The van der Waals surface area contributed by atoms with Crippen LogP contribution in [0.15, 0.2) is 48.5 Å². The Hall–Kier alpha value is -2.82. The number of amides is 1. The molecular formula is C20H21NO4. The normalized spacial score (nSPS) is 15.0. The highest BCUT2D eigenvalue weighted by Gasteiger charge is 2.24. The van der Waals surface area contributed by atoms with Gasteiger partial charge in [0.2, 0.25) is 0 Å². The highest BCUT2D eigenvalue weighted by atomic mass is 16.5. The number of carbonyl (C=O) groups is 2. The van der Waals surface area contributed by atoms with Crippen molar-refractivity contribution in [3.8, 4) is 5.75 Å². The van der Waals surface area contributed by atoms with Gasteiger partial charge in [-0.15, -0.1) is 0 Å². The zero-order valence-electron chi connectivity index (χ0n) is 14.1. The van der Waals surface area contributed by atoms with Crippen LogP contribution in [0.3, 0.4) is 0 Å². The Morgan fingerprint density at radius 2 is 1.52 bits per heavy atom. The Kier molecular flexibility index (Phi) is 5.03. The molecule has 2 aromatic rings. The van der Waals surface area contributed by atoms with E-state index >= 15 is 0 Å². The van der Waals surface area contributed by atoms with Gasteiger partial charge in [0.25, 0.3) is 5.91 Å². The van der Waals surface area contributed by atoms with Gasteiger partial charge >= 0.3 is 5.97 Å². The third kappa shape index (κ3) is 4.18. The molecule has 5 heteroatoms. The SMILES string of the molecule is Cc1ccc(OC2CCN(C(=O)c3ccc(C(=O)O)cc3)CC2)cc1. The van der Waals surface area contributed by atoms with Crippen LogP contribution in [-0.4, -0.2) is 41.1 Å². The maximum absolute atomic E-state index is 12.5. The van der Waals surface area contributed by atoms with Gasteiger partial charge in [-0.25, -0.2) is 4.79 Å². The molecule has 1 saturated heterocycles. The number of nitrogens with zero attached hydrogens (tertiary/aromatic N) is 1. The first-order valence-electron chi connectivity index (χ1n) is 8.39. The average molecular weight is 339 g/mol. The largest absolute Gasteiger partial charge is 0.490 e. The zero-order chi connectivity index (χ0) is 17.8. The van der Waals surface area contributed by atoms with Crippen molar-refractivity contribution in [2.45, 2.75) is 25.9 Å². The molecule has 0 radical (unpaired) electrons. The summed E-state index contributed by atoms with van der Waals surface area (Å²) in [6.07, 6.45) is 1.68. The Balaban J connectivity index is 1.55. The second kappa shape index (κ2) is 7.38. The van der Waals surface area contributed by atoms with Crippen LogP contribution >= 0.6 is 0 Å². The highest BCUT2D eigenvalue weighted by molar-refractivity contribution is 5.95. The molecule has 0 aromatic heterocycles. The Morgan fingerprint density at radius 3 is 2.08 bits per heavy atom. The number of carboxylic acids is 1. The molecule has 2 aromatic carbocycles. The minimum Gasteiger partial charge on any atom is -0.490 e. The van der Waals surface area contributed by atoms with Gasteiger partial charge in [0.05, 0.1) is 5.56 Å². The molecule has 1 aliphatic rings. The summed E-state index contributed by atoms with van der Waals surface area (Å²) in [5.41, 5.74) is 1.89. The van der Waals surface area contributed by atoms with Gasteiger partial charge in [-0.1, -0.05) is 17.7 Å². The van der Waals surface area contributed by atoms with E-state index in [1.54, 1.807) is 17.0 Å². The minimum atomic E-state index is -0.993. The van der Waals surface area contributed by atoms with E-state index in [4.69, 9.17) is 9.84 Å². The molecule has 130 valence electrons. The number of carbonyl (C=O) groups excluding carboxylic acids is 1. The zero-order valence-corrected chi connectivity index (χ0v) is 14.1. The van der Waals surface area contributed by atoms with Crippen LogP contribution in [0.5, 0.6) is 5.75 Å². The van der Waals surface area contributed by atoms with Crippen molar-refractivity contribution in [3.05, 3.63) is 65.2 Å². The predicted molar refractivity (Wildman–Crippen MR) is 94.1 cm³/mol. The molecule has 3 rings (SSSR count). The van der Waals surface area contributed by atoms with E-state index in [2.05, 4.69) is 0 Å². The van der Waals surface area contributed by atoms with Crippen molar-refractivity contribution < 1.29 is 19.4 Å². The van der Waals surface area contributed by atoms with Crippen molar-refractivity contribution in [1.29, 1.82) is 0 Å². The van der Waals surface area contributed by atoms with Crippen LogP contribution < -0.4 is 4.74 Å². The quantitative estimate of drug-likeness (QED) is 0.927. The summed E-state index contributed by atoms with van der Waals surface area (Å²) in [7, 11) is 0. The molecule has 0 unspecified atom stereocenters. The number of piperidine rings is 1. The predicted octanol–water partition coefficient (Wildman–Crippen LogP) is 3.38. The summed E-state index contributed by atoms with van der Waals surface area (Å²) in [4.78, 5) is 25.2. The van der Waals surface area contributed by atoms with Gasteiger partial charge in [0.1, 0.15) is 11.9 Å². The standard InChI is InChI=1S/C20H21NO4/c1-14-2-8-17(9-3-14)25-18-10-12-21(13-11-18)19(22)15-4-6-16(7-5-15)20(23)24/h2-9,18H,10-13H2,1H3,(H,23,24). The van der Waals surface area contributed by atoms with Gasteiger partial charge in [0, 0.05) is 31.5 Å². The average Bonchev–Trinajstić information content (AvgIpc) is 2.64. The number of hydrogen-bond acceptors (Lipinski definition) is 3. The van der Waals surface area contributed by atoms with E-state index < -0.39 is 5.97 Å². The number of hydrogen-bond donors (Lipinski definition) is 1. The fourth-order valence-electron chi connectivity index (χ4n) is 2.92. The third-order valence-corrected chi connectivity index (χ3v) is 4.43. The number of benzene rings is 2. The Labute approximate surface area is 146 Å². The monoisotopic (exact) mass is 339 g/mol. The summed E-state index contributed by atoms with van der Waals surface area (Å²) < 4.78 is 5.98. The lowest BCUT2D eigenvalue weighted by atomic mass is 10.1. The van der Waals surface area contributed by atoms with E-state index in [1.165, 1.54) is 17.7 Å². The topological polar surface area (TPSA) is 66.8 Å². The van der Waals surface area contributed by atoms with Gasteiger partial charge in [-0.05, 0) is 43.3 Å². The smallest absolute Gasteiger partial charge is 0.335 e. The highest BCUT2D eigenvalue weighted by Crippen LogP contribution is 2.20. The number of aromatic carboxylic acids is 1. The molecule has 0 bridgehead atoms. The number of ether oxygens (including phenoxy) is 1. The van der Waals surface area contributed by atoms with Crippen molar-refractivity contribution in [2.75, 3.05) is 13.1 Å². The maximum atomic E-state index is 12.5. The molecule has 0 aliphatic carbocycles. The second-order valence-electron chi connectivity index (χ2n) is 6.30. The van der Waals surface area contributed by atoms with E-state index in [9.17, 15) is 9.59 Å². The van der Waals surface area contributed by atoms with Crippen LogP contribution in [0.1, 0.15) is 39.1 Å². The summed E-state index contributed by atoms with van der Waals surface area (Å²) >= 11 is 0. The number of likely N-dealkylation sites (tertiary alicyclic amines) is 1. The van der Waals surface area contributed by atoms with Crippen molar-refractivity contribution in [1.82, 2.24) is 4.90 Å². The van der Waals surface area contributed by atoms with E-state index in [1.807, 2.05) is 31.2 Å². The molecular weight excluding hydrogens is 318 g/mol. The van der Waals surface area contributed by atoms with Crippen LogP contribution in [0.2, 0.25) is 0 Å². The van der Waals surface area contributed by atoms with Crippen molar-refractivity contribution in [3.63, 3.8) is 0 Å². The minimum absolute atomic E-state index is 0.0641. The number of carboxylic acid groups (broad SMARTS) is 1. The first kappa shape index (κ1) is 17.0. The molecule has 1 heterocycles. The Morgan fingerprint density at radius 1 is 0.960 bits per heavy atom. The van der Waals surface area contributed by atoms with E-state index in [0.29, 0.717) is 18.7 Å². The molecule has 25 heavy (non-hydrogen) atoms. The van der Waals surface area contributed by atoms with E-state index in [-0.39, 0.29) is 17.6 Å². The fourth-order valence-corrected chi connectivity index (χ4v) is 2.92. The van der Waals surface area contributed by atoms with Gasteiger partial charge < -0.3 is 14.7 Å². The first-order valence-corrected chi connectivity index (χ1v) is 8.39. The molecule has 0 spiro atoms. The Bertz CT molecular complexity index is 744. The molecule has 0 saturated carbocycles. The molecule has 1 amide bonds. The lowest BCUT2D eigenvalue weighted by molar-refractivity contribution is 0.0593. The number of rotatable bonds is 4. The lowest BCUT2D eigenvalue weighted by Crippen LogP contribution is -2.41. The molecule has 0 atom stereocenters. The fraction of sp³-hybridized carbons (Fsp3) is 0.300. The second-order valence-corrected chi connectivity index (χ2v) is 6.30. The lowest BCUT2D eigenvalue weighted by Gasteiger charge is -2.32. The van der Waals surface area contributed by atoms with Crippen molar-refractivity contribution >= 4 is 11.9 Å². The van der Waals surface area contributed by atoms with Crippen molar-refractivity contribution in [2.24, 2.45) is 0 Å². The molecule has 1 fully saturated rings. The van der Waals surface area contributed by atoms with E-state index in [0.717, 1.165) is 18.6 Å². The van der Waals surface area contributed by atoms with Crippen LogP contribution in [0, 0.1) is 6.92 Å². The van der Waals surface area contributed by atoms with Crippen LogP contribution in [0.25, 0.3) is 0 Å². The van der Waals surface area contributed by atoms with Gasteiger partial charge in [-0.3, -0.25) is 4.79 Å². The molecule has 1 N–H and O–H groups in total. The maximum Gasteiger partial charge on any atom is 0.335 e.